The minimum absolute atomic E-state index is 0.186. The Balaban J connectivity index is 2.17. The molecule has 3 rings (SSSR count). The largest absolute Gasteiger partial charge is 0.261 e. The fourth-order valence-electron chi connectivity index (χ4n) is 1.59. The molecule has 7 nitrogen and oxygen atoms in total. The normalized spacial score (nSPS) is 11.0. The van der Waals surface area contributed by atoms with Crippen LogP contribution < -0.4 is 5.48 Å². The summed E-state index contributed by atoms with van der Waals surface area (Å²) in [6, 6.07) is 0. The summed E-state index contributed by atoms with van der Waals surface area (Å²) in [5.41, 5.74) is 2.75. The van der Waals surface area contributed by atoms with E-state index >= 15 is 0 Å². The van der Waals surface area contributed by atoms with Gasteiger partial charge in [0.1, 0.15) is 0 Å². The zero-order valence-corrected chi connectivity index (χ0v) is 9.78. The lowest BCUT2D eigenvalue weighted by atomic mass is 10.3. The second-order valence-corrected chi connectivity index (χ2v) is 3.89. The molecule has 8 heteroatoms. The molecule has 0 spiro atoms. The van der Waals surface area contributed by atoms with Crippen LogP contribution in [0.3, 0.4) is 0 Å². The Labute approximate surface area is 106 Å². The first-order chi connectivity index (χ1) is 8.79. The first kappa shape index (κ1) is 11.0. The number of fused-ring (bicyclic) bond motifs is 1. The maximum Gasteiger partial charge on any atom is 0.218 e. The minimum Gasteiger partial charge on any atom is -0.261 e. The molecule has 0 aliphatic carbocycles. The highest BCUT2D eigenvalue weighted by Gasteiger charge is 2.13. The van der Waals surface area contributed by atoms with Gasteiger partial charge in [0.05, 0.1) is 29.7 Å². The summed E-state index contributed by atoms with van der Waals surface area (Å²) in [6.45, 7) is 0. The topological polar surface area (TPSA) is 92.8 Å². The van der Waals surface area contributed by atoms with Gasteiger partial charge in [0.25, 0.3) is 0 Å². The molecule has 0 aliphatic rings. The molecule has 90 valence electrons. The number of quaternary nitrogens is 1. The van der Waals surface area contributed by atoms with Crippen molar-refractivity contribution in [1.29, 1.82) is 0 Å². The Bertz CT molecular complexity index is 712. The molecule has 0 bridgehead atoms. The molecular formula is C10H8ClN6O+. The van der Waals surface area contributed by atoms with Crippen molar-refractivity contribution in [2.45, 2.75) is 0 Å². The molecule has 3 N–H and O–H groups in total. The van der Waals surface area contributed by atoms with E-state index in [1.807, 2.05) is 0 Å². The lowest BCUT2D eigenvalue weighted by molar-refractivity contribution is -0.825. The highest BCUT2D eigenvalue weighted by Crippen LogP contribution is 2.23. The van der Waals surface area contributed by atoms with E-state index in [1.54, 1.807) is 29.3 Å². The smallest absolute Gasteiger partial charge is 0.218 e. The van der Waals surface area contributed by atoms with Gasteiger partial charge < -0.3 is 0 Å². The van der Waals surface area contributed by atoms with Gasteiger partial charge in [0.15, 0.2) is 11.0 Å². The van der Waals surface area contributed by atoms with E-state index in [0.717, 1.165) is 16.6 Å². The van der Waals surface area contributed by atoms with E-state index in [2.05, 4.69) is 20.1 Å². The first-order valence-electron chi connectivity index (χ1n) is 5.07. The Hall–Kier alpha value is -2.09. The average Bonchev–Trinajstić information content (AvgIpc) is 2.82. The number of hydrogen-bond donors (Lipinski definition) is 2. The summed E-state index contributed by atoms with van der Waals surface area (Å²) >= 11 is 5.91. The number of nitrogens with zero attached hydrogens (tertiary/aromatic N) is 5. The third-order valence-electron chi connectivity index (χ3n) is 2.47. The summed E-state index contributed by atoms with van der Waals surface area (Å²) in [6.07, 6.45) is 8.14. The third-order valence-corrected chi connectivity index (χ3v) is 2.78. The highest BCUT2D eigenvalue weighted by atomic mass is 35.5. The van der Waals surface area contributed by atoms with Crippen LogP contribution in [0.15, 0.2) is 31.0 Å². The second-order valence-electron chi connectivity index (χ2n) is 3.53. The SMILES string of the molecule is O[NH2+]c1cnc(-c2cnn3ccncc23)nc1Cl. The Morgan fingerprint density at radius 3 is 2.94 bits per heavy atom. The molecule has 0 aromatic carbocycles. The number of aromatic nitrogens is 5. The van der Waals surface area contributed by atoms with E-state index in [-0.39, 0.29) is 5.15 Å². The molecule has 0 unspecified atom stereocenters. The summed E-state index contributed by atoms with van der Waals surface area (Å²) in [5.74, 6) is 0.439. The average molecular weight is 264 g/mol. The number of nitrogens with two attached hydrogens (primary N) is 1. The van der Waals surface area contributed by atoms with Crippen molar-refractivity contribution in [1.82, 2.24) is 24.6 Å². The van der Waals surface area contributed by atoms with Gasteiger partial charge in [-0.15, -0.1) is 0 Å². The van der Waals surface area contributed by atoms with E-state index in [4.69, 9.17) is 16.8 Å². The molecule has 3 heterocycles. The van der Waals surface area contributed by atoms with E-state index in [9.17, 15) is 0 Å². The van der Waals surface area contributed by atoms with Gasteiger partial charge in [0, 0.05) is 12.4 Å². The summed E-state index contributed by atoms with van der Waals surface area (Å²) in [7, 11) is 0. The zero-order valence-electron chi connectivity index (χ0n) is 9.03. The molecule has 3 aromatic rings. The van der Waals surface area contributed by atoms with Crippen molar-refractivity contribution in [2.75, 3.05) is 0 Å². The molecule has 0 aliphatic heterocycles. The van der Waals surface area contributed by atoms with Crippen LogP contribution in [0.25, 0.3) is 16.9 Å². The Morgan fingerprint density at radius 1 is 1.28 bits per heavy atom. The lowest BCUT2D eigenvalue weighted by Crippen LogP contribution is -2.74. The Kier molecular flexibility index (Phi) is 2.63. The molecule has 18 heavy (non-hydrogen) atoms. The molecule has 0 radical (unpaired) electrons. The Morgan fingerprint density at radius 2 is 2.17 bits per heavy atom. The van der Waals surface area contributed by atoms with Crippen molar-refractivity contribution in [3.05, 3.63) is 36.1 Å². The monoisotopic (exact) mass is 263 g/mol. The predicted octanol–water partition coefficient (Wildman–Crippen LogP) is 0.424. The molecule has 0 fully saturated rings. The molecule has 0 atom stereocenters. The second kappa shape index (κ2) is 4.30. The number of hydrogen-bond acceptors (Lipinski definition) is 5. The van der Waals surface area contributed by atoms with Gasteiger partial charge in [-0.25, -0.2) is 19.7 Å². The van der Waals surface area contributed by atoms with Crippen LogP contribution in [0.4, 0.5) is 5.69 Å². The van der Waals surface area contributed by atoms with Crippen LogP contribution in [0.5, 0.6) is 0 Å². The summed E-state index contributed by atoms with van der Waals surface area (Å²) in [5, 5.41) is 13.2. The number of rotatable bonds is 2. The van der Waals surface area contributed by atoms with Crippen molar-refractivity contribution < 1.29 is 10.7 Å². The maximum atomic E-state index is 8.90. The van der Waals surface area contributed by atoms with Crippen molar-refractivity contribution >= 4 is 22.8 Å². The molecule has 0 saturated heterocycles. The fraction of sp³-hybridized carbons (Fsp3) is 0. The highest BCUT2D eigenvalue weighted by molar-refractivity contribution is 6.31. The van der Waals surface area contributed by atoms with Gasteiger partial charge >= 0.3 is 0 Å². The quantitative estimate of drug-likeness (QED) is 0.516. The van der Waals surface area contributed by atoms with E-state index in [0.29, 0.717) is 11.5 Å². The van der Waals surface area contributed by atoms with Gasteiger partial charge in [0.2, 0.25) is 5.69 Å². The fourth-order valence-corrected chi connectivity index (χ4v) is 1.77. The molecule has 3 aromatic heterocycles. The molecular weight excluding hydrogens is 256 g/mol. The minimum atomic E-state index is 0.186. The van der Waals surface area contributed by atoms with Gasteiger partial charge in [-0.3, -0.25) is 4.98 Å². The van der Waals surface area contributed by atoms with Crippen molar-refractivity contribution in [2.24, 2.45) is 0 Å². The van der Waals surface area contributed by atoms with Crippen LogP contribution in [0.1, 0.15) is 0 Å². The standard InChI is InChI=1S/C10H7ClN6O/c11-9-7(16-18)4-13-10(15-9)6-3-14-17-2-1-12-5-8(6)17/h1-5,16,18H/p+1. The van der Waals surface area contributed by atoms with Crippen molar-refractivity contribution in [3.63, 3.8) is 0 Å². The molecule has 0 amide bonds. The lowest BCUT2D eigenvalue weighted by Gasteiger charge is -1.99. The van der Waals surface area contributed by atoms with E-state index in [1.165, 1.54) is 6.20 Å². The zero-order chi connectivity index (χ0) is 12.5. The maximum absolute atomic E-state index is 8.90. The molecule has 0 saturated carbocycles. The van der Waals surface area contributed by atoms with Crippen LogP contribution in [0, 0.1) is 0 Å². The van der Waals surface area contributed by atoms with Gasteiger partial charge in [-0.05, 0) is 0 Å². The predicted molar refractivity (Wildman–Crippen MR) is 62.4 cm³/mol. The van der Waals surface area contributed by atoms with Crippen molar-refractivity contribution in [3.8, 4) is 11.4 Å². The van der Waals surface area contributed by atoms with Crippen LogP contribution in [0.2, 0.25) is 5.15 Å². The van der Waals surface area contributed by atoms with Crippen LogP contribution in [-0.2, 0) is 0 Å². The summed E-state index contributed by atoms with van der Waals surface area (Å²) < 4.78 is 1.67. The number of halogens is 1. The third kappa shape index (κ3) is 1.70. The first-order valence-corrected chi connectivity index (χ1v) is 5.45. The van der Waals surface area contributed by atoms with Gasteiger partial charge in [-0.2, -0.15) is 10.6 Å². The van der Waals surface area contributed by atoms with Crippen LogP contribution >= 0.6 is 11.6 Å². The van der Waals surface area contributed by atoms with Gasteiger partial charge in [-0.1, -0.05) is 11.6 Å². The van der Waals surface area contributed by atoms with Crippen LogP contribution in [-0.4, -0.2) is 29.8 Å². The summed E-state index contributed by atoms with van der Waals surface area (Å²) in [4.78, 5) is 12.3. The van der Waals surface area contributed by atoms with E-state index < -0.39 is 0 Å².